The summed E-state index contributed by atoms with van der Waals surface area (Å²) in [6.07, 6.45) is 26.3. The maximum Gasteiger partial charge on any atom is 0.410 e. The fourth-order valence-electron chi connectivity index (χ4n) is 17.0. The van der Waals surface area contributed by atoms with Crippen molar-refractivity contribution in [3.63, 3.8) is 0 Å². The third kappa shape index (κ3) is 43.2. The third-order valence-electron chi connectivity index (χ3n) is 23.4. The van der Waals surface area contributed by atoms with Crippen LogP contribution in [0.4, 0.5) is 4.79 Å². The average Bonchev–Trinajstić information content (AvgIpc) is 0.848. The second kappa shape index (κ2) is 52.5. The fourth-order valence-corrected chi connectivity index (χ4v) is 17.0. The minimum Gasteiger partial charge on any atom is -0.462 e. The lowest BCUT2D eigenvalue weighted by molar-refractivity contribution is -0.155. The number of carbonyl (C=O) groups is 4. The summed E-state index contributed by atoms with van der Waals surface area (Å²) < 4.78 is 25.9. The highest BCUT2D eigenvalue weighted by atomic mass is 16.6. The van der Waals surface area contributed by atoms with Crippen molar-refractivity contribution in [3.8, 4) is 0 Å². The highest BCUT2D eigenvalue weighted by molar-refractivity contribution is 5.72. The Morgan fingerprint density at radius 3 is 1.44 bits per heavy atom. The topological polar surface area (TPSA) is 118 Å². The van der Waals surface area contributed by atoms with Crippen LogP contribution in [0, 0.1) is 88.8 Å². The van der Waals surface area contributed by atoms with Crippen molar-refractivity contribution >= 4 is 24.0 Å². The minimum absolute atomic E-state index is 0.0426. The van der Waals surface area contributed by atoms with Crippen molar-refractivity contribution < 1.29 is 38.1 Å². The molecule has 1 aliphatic rings. The van der Waals surface area contributed by atoms with E-state index in [1.807, 2.05) is 25.7 Å². The van der Waals surface area contributed by atoms with Gasteiger partial charge in [0.15, 0.2) is 0 Å². The molecule has 0 aliphatic carbocycles. The van der Waals surface area contributed by atoms with E-state index in [0.717, 1.165) is 136 Å². The fraction of sp³-hybridized carbons (Fsp3) is 0.955. The van der Waals surface area contributed by atoms with Crippen LogP contribution in [0.2, 0.25) is 0 Å². The van der Waals surface area contributed by atoms with Gasteiger partial charge in [-0.1, -0.05) is 217 Å². The number of hydrogen-bond donors (Lipinski definition) is 0. The summed E-state index contributed by atoms with van der Waals surface area (Å²) >= 11 is 0. The van der Waals surface area contributed by atoms with E-state index in [1.54, 1.807) is 0 Å². The Hall–Kier alpha value is -2.44. The van der Waals surface area contributed by atoms with Gasteiger partial charge in [-0.3, -0.25) is 24.2 Å². The molecule has 12 nitrogen and oxygen atoms in total. The summed E-state index contributed by atoms with van der Waals surface area (Å²) in [4.78, 5) is 66.8. The van der Waals surface area contributed by atoms with E-state index in [-0.39, 0.29) is 78.7 Å². The summed E-state index contributed by atoms with van der Waals surface area (Å²) in [6, 6.07) is -0.163. The molecule has 0 spiro atoms. The van der Waals surface area contributed by atoms with E-state index < -0.39 is 5.60 Å². The van der Waals surface area contributed by atoms with E-state index in [4.69, 9.17) is 18.9 Å². The van der Waals surface area contributed by atoms with Gasteiger partial charge in [0.2, 0.25) is 0 Å². The van der Waals surface area contributed by atoms with Gasteiger partial charge in [0.1, 0.15) is 23.9 Å². The van der Waals surface area contributed by atoms with Crippen LogP contribution in [0.25, 0.3) is 0 Å². The molecular weight excluding hydrogens is 1240 g/mol. The third-order valence-corrected chi connectivity index (χ3v) is 23.4. The van der Waals surface area contributed by atoms with Gasteiger partial charge in [-0.25, -0.2) is 4.79 Å². The number of rotatable bonds is 57. The van der Waals surface area contributed by atoms with Gasteiger partial charge in [-0.2, -0.15) is 0 Å². The number of amides is 1. The smallest absolute Gasteiger partial charge is 0.410 e. The molecule has 0 radical (unpaired) electrons. The van der Waals surface area contributed by atoms with Crippen molar-refractivity contribution in [2.45, 2.75) is 402 Å². The van der Waals surface area contributed by atoms with Gasteiger partial charge in [0.25, 0.3) is 0 Å². The first-order valence-corrected chi connectivity index (χ1v) is 42.8. The van der Waals surface area contributed by atoms with E-state index >= 15 is 0 Å². The molecule has 100 heavy (non-hydrogen) atoms. The predicted octanol–water partition coefficient (Wildman–Crippen LogP) is 23.2. The van der Waals surface area contributed by atoms with Gasteiger partial charge in [-0.15, -0.1) is 0 Å². The standard InChI is InChI=1S/C88H172N4O8/c1-28-34-37-66(11)52-70(15)55-82(54-68(13)50-64(9)31-4)98-85(94)58-79(24)92(78(23)41-44-84(93)97-83(56-69(14)51-65(10)32-5)57-76(21)74(19)38-35-29-2)80(33-6)62-90(61-72(17)60-89-45-47-91(48-46-89)87(96)100-88(25,26)27)59-71(16)53-77(22)86(95)99-81(42-39-67(12)49-63(7)8)43-40-75(20)73(18)36-30-3/h63-83H,28-62H2,1-27H3. The van der Waals surface area contributed by atoms with Crippen molar-refractivity contribution in [1.29, 1.82) is 0 Å². The zero-order chi connectivity index (χ0) is 75.8. The molecule has 1 rings (SSSR count). The zero-order valence-corrected chi connectivity index (χ0v) is 71.4. The maximum atomic E-state index is 14.9. The molecule has 12 heteroatoms. The summed E-state index contributed by atoms with van der Waals surface area (Å²) in [6.45, 7) is 67.5. The Kier molecular flexibility index (Phi) is 50.2. The number of nitrogens with zero attached hydrogens (tertiary/aromatic N) is 4. The molecule has 0 aromatic rings. The van der Waals surface area contributed by atoms with Crippen LogP contribution in [-0.4, -0.2) is 138 Å². The molecule has 1 aliphatic heterocycles. The average molecular weight is 1410 g/mol. The minimum atomic E-state index is -0.545. The Morgan fingerprint density at radius 2 is 0.910 bits per heavy atom. The molecule has 0 aromatic heterocycles. The summed E-state index contributed by atoms with van der Waals surface area (Å²) in [5.74, 6) is 6.64. The van der Waals surface area contributed by atoms with Gasteiger partial charge in [0, 0.05) is 76.9 Å². The van der Waals surface area contributed by atoms with Crippen LogP contribution in [0.1, 0.15) is 360 Å². The number of unbranched alkanes of at least 4 members (excludes halogenated alkanes) is 2. The lowest BCUT2D eigenvalue weighted by Crippen LogP contribution is -2.54. The largest absolute Gasteiger partial charge is 0.462 e. The SMILES string of the molecule is CCCCC(C)CC(C)CC(CC(C)CC(C)CC)OC(=O)CC(C)N(C(C)CCC(=O)OC(CC(C)CC(C)CC)CC(C)C(C)CCCC)C(CC)CN(CC(C)CC(C)C(=O)OC(CCC(C)CC(C)C)CCC(C)C(C)CCC)CC(C)CN1CCN(C(=O)OC(C)(C)C)CC1. The van der Waals surface area contributed by atoms with Crippen molar-refractivity contribution in [2.24, 2.45) is 88.8 Å². The monoisotopic (exact) mass is 1410 g/mol. The van der Waals surface area contributed by atoms with Crippen molar-refractivity contribution in [2.75, 3.05) is 52.4 Å². The Bertz CT molecular complexity index is 2090. The zero-order valence-electron chi connectivity index (χ0n) is 71.4. The molecule has 1 amide bonds. The van der Waals surface area contributed by atoms with Crippen molar-refractivity contribution in [1.82, 2.24) is 19.6 Å². The Labute approximate surface area is 622 Å². The number of carbonyl (C=O) groups excluding carboxylic acids is 4. The van der Waals surface area contributed by atoms with E-state index in [1.165, 1.54) is 57.8 Å². The predicted molar refractivity (Wildman–Crippen MR) is 427 cm³/mol. The second-order valence-electron chi connectivity index (χ2n) is 36.5. The van der Waals surface area contributed by atoms with Gasteiger partial charge < -0.3 is 28.7 Å². The number of piperazine rings is 1. The highest BCUT2D eigenvalue weighted by Gasteiger charge is 2.35. The first-order valence-electron chi connectivity index (χ1n) is 42.8. The van der Waals surface area contributed by atoms with Crippen LogP contribution in [0.5, 0.6) is 0 Å². The van der Waals surface area contributed by atoms with Gasteiger partial charge in [-0.05, 0) is 214 Å². The summed E-state index contributed by atoms with van der Waals surface area (Å²) in [5.41, 5.74) is -0.545. The van der Waals surface area contributed by atoms with Crippen LogP contribution in [-0.2, 0) is 33.3 Å². The molecular formula is C88H172N4O8. The van der Waals surface area contributed by atoms with Gasteiger partial charge >= 0.3 is 24.0 Å². The molecule has 1 heterocycles. The van der Waals surface area contributed by atoms with Crippen LogP contribution >= 0.6 is 0 Å². The second-order valence-corrected chi connectivity index (χ2v) is 36.5. The number of hydrogen-bond acceptors (Lipinski definition) is 11. The molecule has 0 bridgehead atoms. The Morgan fingerprint density at radius 1 is 0.410 bits per heavy atom. The summed E-state index contributed by atoms with van der Waals surface area (Å²) in [7, 11) is 0. The number of esters is 3. The molecule has 1 saturated heterocycles. The molecule has 0 N–H and O–H groups in total. The van der Waals surface area contributed by atoms with Crippen LogP contribution in [0.3, 0.4) is 0 Å². The first kappa shape index (κ1) is 95.6. The normalized spacial score (nSPS) is 19.6. The molecule has 0 saturated carbocycles. The van der Waals surface area contributed by atoms with Gasteiger partial charge in [0.05, 0.1) is 12.3 Å². The van der Waals surface area contributed by atoms with E-state index in [2.05, 4.69) is 181 Å². The molecule has 592 valence electrons. The van der Waals surface area contributed by atoms with Crippen LogP contribution < -0.4 is 0 Å². The number of ether oxygens (including phenoxy) is 4. The summed E-state index contributed by atoms with van der Waals surface area (Å²) in [5, 5.41) is 0. The lowest BCUT2D eigenvalue weighted by atomic mass is 9.83. The van der Waals surface area contributed by atoms with E-state index in [0.29, 0.717) is 103 Å². The first-order chi connectivity index (χ1) is 47.0. The molecule has 1 fully saturated rings. The molecule has 20 unspecified atom stereocenters. The lowest BCUT2D eigenvalue weighted by Gasteiger charge is -2.43. The quantitative estimate of drug-likeness (QED) is 0.0428. The van der Waals surface area contributed by atoms with Crippen LogP contribution in [0.15, 0.2) is 0 Å². The Balaban J connectivity index is 3.95. The molecule has 20 atom stereocenters. The maximum absolute atomic E-state index is 14.9. The molecule has 0 aromatic carbocycles. The van der Waals surface area contributed by atoms with E-state index in [9.17, 15) is 19.2 Å². The highest BCUT2D eigenvalue weighted by Crippen LogP contribution is 2.33. The van der Waals surface area contributed by atoms with Crippen molar-refractivity contribution in [3.05, 3.63) is 0 Å².